The lowest BCUT2D eigenvalue weighted by Crippen LogP contribution is -2.42. The Hall–Kier alpha value is -0.250. The summed E-state index contributed by atoms with van der Waals surface area (Å²) in [4.78, 5) is 2.31. The smallest absolute Gasteiger partial charge is 0.0512 e. The lowest BCUT2D eigenvalue weighted by molar-refractivity contribution is 0.506. The quantitative estimate of drug-likeness (QED) is 0.861. The fourth-order valence-electron chi connectivity index (χ4n) is 1.97. The zero-order valence-corrected chi connectivity index (χ0v) is 10.8. The number of nitrogens with zero attached hydrogens (tertiary/aromatic N) is 1. The topological polar surface area (TPSA) is 29.3 Å². The molecule has 82 valence electrons. The van der Waals surface area contributed by atoms with Crippen molar-refractivity contribution in [3.63, 3.8) is 0 Å². The first kappa shape index (κ1) is 11.2. The van der Waals surface area contributed by atoms with Gasteiger partial charge in [0.25, 0.3) is 0 Å². The van der Waals surface area contributed by atoms with Crippen LogP contribution in [0.25, 0.3) is 0 Å². The van der Waals surface area contributed by atoms with Crippen molar-refractivity contribution in [1.29, 1.82) is 0 Å². The Kier molecular flexibility index (Phi) is 3.54. The molecule has 0 saturated carbocycles. The number of nitrogens with two attached hydrogens (primary N) is 1. The predicted molar refractivity (Wildman–Crippen MR) is 68.6 cm³/mol. The van der Waals surface area contributed by atoms with Crippen LogP contribution >= 0.6 is 27.5 Å². The van der Waals surface area contributed by atoms with Gasteiger partial charge in [-0.2, -0.15) is 0 Å². The van der Waals surface area contributed by atoms with Gasteiger partial charge < -0.3 is 10.6 Å². The van der Waals surface area contributed by atoms with Crippen LogP contribution in [0.15, 0.2) is 22.7 Å². The van der Waals surface area contributed by atoms with Gasteiger partial charge >= 0.3 is 0 Å². The summed E-state index contributed by atoms with van der Waals surface area (Å²) in [5.41, 5.74) is 7.15. The van der Waals surface area contributed by atoms with Gasteiger partial charge in [0.15, 0.2) is 0 Å². The zero-order chi connectivity index (χ0) is 10.8. The molecule has 1 unspecified atom stereocenters. The number of halogens is 2. The second kappa shape index (κ2) is 4.73. The van der Waals surface area contributed by atoms with Crippen molar-refractivity contribution in [2.75, 3.05) is 18.0 Å². The third-order valence-corrected chi connectivity index (χ3v) is 3.58. The van der Waals surface area contributed by atoms with Crippen molar-refractivity contribution in [2.45, 2.75) is 18.9 Å². The van der Waals surface area contributed by atoms with Crippen LogP contribution in [0.5, 0.6) is 0 Å². The Morgan fingerprint density at radius 3 is 2.93 bits per heavy atom. The van der Waals surface area contributed by atoms with E-state index in [-0.39, 0.29) is 0 Å². The summed E-state index contributed by atoms with van der Waals surface area (Å²) in [6.07, 6.45) is 2.29. The van der Waals surface area contributed by atoms with Gasteiger partial charge in [-0.05, 0) is 47.0 Å². The molecule has 1 aromatic carbocycles. The maximum Gasteiger partial charge on any atom is 0.0512 e. The van der Waals surface area contributed by atoms with Crippen molar-refractivity contribution in [2.24, 2.45) is 5.73 Å². The van der Waals surface area contributed by atoms with Gasteiger partial charge in [-0.25, -0.2) is 0 Å². The van der Waals surface area contributed by atoms with E-state index in [1.54, 1.807) is 0 Å². The molecule has 15 heavy (non-hydrogen) atoms. The van der Waals surface area contributed by atoms with Gasteiger partial charge in [0.2, 0.25) is 0 Å². The van der Waals surface area contributed by atoms with E-state index in [0.717, 1.165) is 35.4 Å². The summed E-state index contributed by atoms with van der Waals surface area (Å²) in [6, 6.07) is 6.19. The van der Waals surface area contributed by atoms with E-state index < -0.39 is 0 Å². The van der Waals surface area contributed by atoms with Crippen LogP contribution in [0.4, 0.5) is 5.69 Å². The SMILES string of the molecule is NC1CCCN(c2ccc(Cl)cc2Br)C1. The van der Waals surface area contributed by atoms with Crippen LogP contribution in [-0.4, -0.2) is 19.1 Å². The molecule has 1 aromatic rings. The number of rotatable bonds is 1. The summed E-state index contributed by atoms with van der Waals surface area (Å²) in [7, 11) is 0. The number of anilines is 1. The first-order chi connectivity index (χ1) is 7.16. The Labute approximate surface area is 104 Å². The molecule has 1 fully saturated rings. The molecule has 0 radical (unpaired) electrons. The number of piperidine rings is 1. The van der Waals surface area contributed by atoms with E-state index in [4.69, 9.17) is 17.3 Å². The molecule has 0 amide bonds. The molecular formula is C11H14BrClN2. The van der Waals surface area contributed by atoms with Crippen molar-refractivity contribution >= 4 is 33.2 Å². The minimum Gasteiger partial charge on any atom is -0.369 e. The van der Waals surface area contributed by atoms with Crippen LogP contribution < -0.4 is 10.6 Å². The summed E-state index contributed by atoms with van der Waals surface area (Å²) in [5.74, 6) is 0. The molecule has 4 heteroatoms. The zero-order valence-electron chi connectivity index (χ0n) is 8.42. The molecule has 0 spiro atoms. The minimum absolute atomic E-state index is 0.293. The lowest BCUT2D eigenvalue weighted by atomic mass is 10.1. The highest BCUT2D eigenvalue weighted by Gasteiger charge is 2.18. The summed E-state index contributed by atoms with van der Waals surface area (Å²) >= 11 is 9.45. The van der Waals surface area contributed by atoms with Gasteiger partial charge in [0, 0.05) is 28.6 Å². The van der Waals surface area contributed by atoms with Crippen molar-refractivity contribution in [3.8, 4) is 0 Å². The number of hydrogen-bond donors (Lipinski definition) is 1. The first-order valence-corrected chi connectivity index (χ1v) is 6.29. The Morgan fingerprint density at radius 2 is 2.27 bits per heavy atom. The maximum absolute atomic E-state index is 5.96. The summed E-state index contributed by atoms with van der Waals surface area (Å²) < 4.78 is 1.05. The van der Waals surface area contributed by atoms with E-state index in [0.29, 0.717) is 6.04 Å². The van der Waals surface area contributed by atoms with Gasteiger partial charge in [-0.3, -0.25) is 0 Å². The Bertz CT molecular complexity index is 356. The molecule has 1 atom stereocenters. The van der Waals surface area contributed by atoms with Crippen LogP contribution in [0.1, 0.15) is 12.8 Å². The highest BCUT2D eigenvalue weighted by Crippen LogP contribution is 2.30. The van der Waals surface area contributed by atoms with Gasteiger partial charge in [0.1, 0.15) is 0 Å². The van der Waals surface area contributed by atoms with Crippen LogP contribution in [0.3, 0.4) is 0 Å². The third kappa shape index (κ3) is 2.65. The first-order valence-electron chi connectivity index (χ1n) is 5.12. The van der Waals surface area contributed by atoms with Gasteiger partial charge in [-0.15, -0.1) is 0 Å². The third-order valence-electron chi connectivity index (χ3n) is 2.71. The number of hydrogen-bond acceptors (Lipinski definition) is 2. The van der Waals surface area contributed by atoms with Crippen LogP contribution in [-0.2, 0) is 0 Å². The normalized spacial score (nSPS) is 21.8. The highest BCUT2D eigenvalue weighted by molar-refractivity contribution is 9.10. The molecule has 1 aliphatic heterocycles. The lowest BCUT2D eigenvalue weighted by Gasteiger charge is -2.33. The predicted octanol–water partition coefficient (Wildman–Crippen LogP) is 3.03. The van der Waals surface area contributed by atoms with Crippen molar-refractivity contribution < 1.29 is 0 Å². The molecular weight excluding hydrogens is 275 g/mol. The molecule has 0 bridgehead atoms. The highest BCUT2D eigenvalue weighted by atomic mass is 79.9. The van der Waals surface area contributed by atoms with Crippen molar-refractivity contribution in [1.82, 2.24) is 0 Å². The van der Waals surface area contributed by atoms with Crippen molar-refractivity contribution in [3.05, 3.63) is 27.7 Å². The molecule has 1 saturated heterocycles. The molecule has 0 aromatic heterocycles. The molecule has 1 aliphatic rings. The molecule has 1 heterocycles. The second-order valence-electron chi connectivity index (χ2n) is 3.94. The van der Waals surface area contributed by atoms with E-state index in [9.17, 15) is 0 Å². The fourth-order valence-corrected chi connectivity index (χ4v) is 2.90. The van der Waals surface area contributed by atoms with Crippen LogP contribution in [0, 0.1) is 0 Å². The van der Waals surface area contributed by atoms with Crippen LogP contribution in [0.2, 0.25) is 5.02 Å². The minimum atomic E-state index is 0.293. The molecule has 0 aliphatic carbocycles. The van der Waals surface area contributed by atoms with Gasteiger partial charge in [-0.1, -0.05) is 11.6 Å². The summed E-state index contributed by atoms with van der Waals surface area (Å²) in [5, 5.41) is 0.756. The molecule has 2 N–H and O–H groups in total. The Balaban J connectivity index is 2.21. The average Bonchev–Trinajstić information content (AvgIpc) is 2.17. The maximum atomic E-state index is 5.96. The van der Waals surface area contributed by atoms with E-state index >= 15 is 0 Å². The molecule has 2 nitrogen and oxygen atoms in total. The number of benzene rings is 1. The van der Waals surface area contributed by atoms with E-state index in [1.807, 2.05) is 18.2 Å². The van der Waals surface area contributed by atoms with E-state index in [2.05, 4.69) is 20.8 Å². The standard InChI is InChI=1S/C11H14BrClN2/c12-10-6-8(13)3-4-11(10)15-5-1-2-9(14)7-15/h3-4,6,9H,1-2,5,7,14H2. The summed E-state index contributed by atoms with van der Waals surface area (Å²) in [6.45, 7) is 2.01. The molecule has 2 rings (SSSR count). The second-order valence-corrected chi connectivity index (χ2v) is 5.23. The van der Waals surface area contributed by atoms with E-state index in [1.165, 1.54) is 5.69 Å². The average molecular weight is 290 g/mol. The van der Waals surface area contributed by atoms with Gasteiger partial charge in [0.05, 0.1) is 5.69 Å². The Morgan fingerprint density at radius 1 is 1.47 bits per heavy atom. The monoisotopic (exact) mass is 288 g/mol. The largest absolute Gasteiger partial charge is 0.369 e. The fraction of sp³-hybridized carbons (Fsp3) is 0.455.